The minimum absolute atomic E-state index is 0.129. The number of hydrogen-bond acceptors (Lipinski definition) is 5. The van der Waals surface area contributed by atoms with Gasteiger partial charge < -0.3 is 16.0 Å². The lowest BCUT2D eigenvalue weighted by atomic mass is 10.1. The molecule has 0 saturated carbocycles. The van der Waals surface area contributed by atoms with Crippen molar-refractivity contribution < 1.29 is 0 Å². The number of nitrogen functional groups attached to an aromatic ring is 1. The van der Waals surface area contributed by atoms with Gasteiger partial charge in [0.15, 0.2) is 0 Å². The summed E-state index contributed by atoms with van der Waals surface area (Å²) < 4.78 is 0.686. The van der Waals surface area contributed by atoms with Gasteiger partial charge in [0.2, 0.25) is 5.56 Å². The number of nitrogens with zero attached hydrogens (tertiary/aromatic N) is 1. The maximum absolute atomic E-state index is 11.2. The second-order valence-corrected chi connectivity index (χ2v) is 6.86. The fourth-order valence-corrected chi connectivity index (χ4v) is 3.31. The number of pyridine rings is 1. The van der Waals surface area contributed by atoms with Crippen molar-refractivity contribution in [1.82, 2.24) is 9.97 Å². The predicted octanol–water partition coefficient (Wildman–Crippen LogP) is 3.65. The molecule has 118 valence electrons. The summed E-state index contributed by atoms with van der Waals surface area (Å²) in [6, 6.07) is 8.95. The Morgan fingerprint density at radius 3 is 2.74 bits per heavy atom. The van der Waals surface area contributed by atoms with Crippen LogP contribution in [0.2, 0.25) is 4.34 Å². The second kappa shape index (κ2) is 6.44. The standard InChI is InChI=1S/C16H15ClN4OS/c1-9-21-14(16(17)23-9)8-19-13-6-10(2-4-12(13)18)11-3-5-15(22)20-7-11/h2-7,19H,8,18H2,1H3,(H,20,22). The van der Waals surface area contributed by atoms with Crippen LogP contribution in [0, 0.1) is 6.92 Å². The molecule has 0 amide bonds. The van der Waals surface area contributed by atoms with Crippen LogP contribution in [-0.4, -0.2) is 9.97 Å². The summed E-state index contributed by atoms with van der Waals surface area (Å²) >= 11 is 7.60. The molecule has 0 unspecified atom stereocenters. The summed E-state index contributed by atoms with van der Waals surface area (Å²) in [4.78, 5) is 18.2. The van der Waals surface area contributed by atoms with E-state index in [1.54, 1.807) is 12.3 Å². The normalized spacial score (nSPS) is 10.7. The highest BCUT2D eigenvalue weighted by molar-refractivity contribution is 7.15. The molecule has 4 N–H and O–H groups in total. The zero-order valence-corrected chi connectivity index (χ0v) is 14.0. The van der Waals surface area contributed by atoms with E-state index in [9.17, 15) is 4.79 Å². The predicted molar refractivity (Wildman–Crippen MR) is 96.1 cm³/mol. The van der Waals surface area contributed by atoms with E-state index in [4.69, 9.17) is 17.3 Å². The second-order valence-electron chi connectivity index (χ2n) is 5.05. The van der Waals surface area contributed by atoms with Crippen molar-refractivity contribution in [3.8, 4) is 11.1 Å². The average Bonchev–Trinajstić information content (AvgIpc) is 2.85. The van der Waals surface area contributed by atoms with Gasteiger partial charge in [0, 0.05) is 12.3 Å². The molecule has 0 radical (unpaired) electrons. The molecule has 2 heterocycles. The lowest BCUT2D eigenvalue weighted by Gasteiger charge is -2.11. The number of thiazole rings is 1. The lowest BCUT2D eigenvalue weighted by molar-refractivity contribution is 1.06. The van der Waals surface area contributed by atoms with Crippen LogP contribution in [0.15, 0.2) is 41.3 Å². The molecular formula is C16H15ClN4OS. The molecule has 0 aliphatic carbocycles. The maximum Gasteiger partial charge on any atom is 0.247 e. The Balaban J connectivity index is 1.84. The van der Waals surface area contributed by atoms with Crippen molar-refractivity contribution in [2.24, 2.45) is 0 Å². The largest absolute Gasteiger partial charge is 0.397 e. The number of aromatic nitrogens is 2. The Morgan fingerprint density at radius 2 is 2.09 bits per heavy atom. The molecule has 2 aromatic heterocycles. The monoisotopic (exact) mass is 346 g/mol. The third-order valence-corrected chi connectivity index (χ3v) is 4.62. The van der Waals surface area contributed by atoms with Gasteiger partial charge >= 0.3 is 0 Å². The van der Waals surface area contributed by atoms with E-state index in [1.807, 2.05) is 25.1 Å². The Morgan fingerprint density at radius 1 is 1.30 bits per heavy atom. The SMILES string of the molecule is Cc1nc(CNc2cc(-c3ccc(=O)[nH]c3)ccc2N)c(Cl)s1. The van der Waals surface area contributed by atoms with E-state index in [2.05, 4.69) is 15.3 Å². The number of benzene rings is 1. The van der Waals surface area contributed by atoms with Crippen LogP contribution >= 0.6 is 22.9 Å². The van der Waals surface area contributed by atoms with Gasteiger partial charge in [-0.25, -0.2) is 4.98 Å². The van der Waals surface area contributed by atoms with Gasteiger partial charge in [0.25, 0.3) is 0 Å². The number of aryl methyl sites for hydroxylation is 1. The fraction of sp³-hybridized carbons (Fsp3) is 0.125. The molecule has 7 heteroatoms. The smallest absolute Gasteiger partial charge is 0.247 e. The molecule has 5 nitrogen and oxygen atoms in total. The number of hydrogen-bond donors (Lipinski definition) is 3. The van der Waals surface area contributed by atoms with Crippen molar-refractivity contribution in [2.45, 2.75) is 13.5 Å². The molecule has 0 saturated heterocycles. The molecule has 3 aromatic rings. The third-order valence-electron chi connectivity index (χ3n) is 3.37. The van der Waals surface area contributed by atoms with Crippen molar-refractivity contribution in [1.29, 1.82) is 0 Å². The number of aromatic amines is 1. The number of anilines is 2. The van der Waals surface area contributed by atoms with Gasteiger partial charge in [-0.3, -0.25) is 4.79 Å². The average molecular weight is 347 g/mol. The topological polar surface area (TPSA) is 83.8 Å². The van der Waals surface area contributed by atoms with Crippen molar-refractivity contribution in [2.75, 3.05) is 11.1 Å². The molecule has 0 fully saturated rings. The van der Waals surface area contributed by atoms with E-state index in [-0.39, 0.29) is 5.56 Å². The fourth-order valence-electron chi connectivity index (χ4n) is 2.21. The Labute approximate surface area is 142 Å². The summed E-state index contributed by atoms with van der Waals surface area (Å²) in [5.74, 6) is 0. The highest BCUT2D eigenvalue weighted by atomic mass is 35.5. The van der Waals surface area contributed by atoms with Crippen LogP contribution in [0.1, 0.15) is 10.7 Å². The van der Waals surface area contributed by atoms with Gasteiger partial charge in [-0.15, -0.1) is 11.3 Å². The first kappa shape index (κ1) is 15.6. The molecule has 0 aliphatic rings. The lowest BCUT2D eigenvalue weighted by Crippen LogP contribution is -2.04. The number of halogens is 1. The quantitative estimate of drug-likeness (QED) is 0.629. The number of rotatable bonds is 4. The summed E-state index contributed by atoms with van der Waals surface area (Å²) in [5.41, 5.74) is 10.0. The van der Waals surface area contributed by atoms with Crippen LogP contribution in [-0.2, 0) is 6.54 Å². The van der Waals surface area contributed by atoms with Crippen LogP contribution in [0.3, 0.4) is 0 Å². The van der Waals surface area contributed by atoms with E-state index in [1.165, 1.54) is 17.4 Å². The summed E-state index contributed by atoms with van der Waals surface area (Å²) in [5, 5.41) is 4.20. The van der Waals surface area contributed by atoms with Crippen LogP contribution in [0.4, 0.5) is 11.4 Å². The molecule has 0 atom stereocenters. The first-order valence-corrected chi connectivity index (χ1v) is 8.16. The van der Waals surface area contributed by atoms with Crippen LogP contribution in [0.5, 0.6) is 0 Å². The molecule has 0 spiro atoms. The van der Waals surface area contributed by atoms with Crippen molar-refractivity contribution >= 4 is 34.3 Å². The summed E-state index contributed by atoms with van der Waals surface area (Å²) in [6.07, 6.45) is 1.68. The van der Waals surface area contributed by atoms with Gasteiger partial charge in [-0.2, -0.15) is 0 Å². The zero-order chi connectivity index (χ0) is 16.4. The highest BCUT2D eigenvalue weighted by Gasteiger charge is 2.08. The minimum Gasteiger partial charge on any atom is -0.397 e. The molecule has 23 heavy (non-hydrogen) atoms. The zero-order valence-electron chi connectivity index (χ0n) is 12.4. The molecule has 0 aliphatic heterocycles. The first-order chi connectivity index (χ1) is 11.0. The van der Waals surface area contributed by atoms with Crippen LogP contribution < -0.4 is 16.6 Å². The maximum atomic E-state index is 11.2. The van der Waals surface area contributed by atoms with Crippen LogP contribution in [0.25, 0.3) is 11.1 Å². The van der Waals surface area contributed by atoms with Gasteiger partial charge in [-0.1, -0.05) is 17.7 Å². The van der Waals surface area contributed by atoms with Crippen molar-refractivity contribution in [3.05, 3.63) is 61.9 Å². The Kier molecular flexibility index (Phi) is 4.36. The molecular weight excluding hydrogens is 332 g/mol. The highest BCUT2D eigenvalue weighted by Crippen LogP contribution is 2.28. The van der Waals surface area contributed by atoms with Gasteiger partial charge in [0.05, 0.1) is 28.6 Å². The number of nitrogens with one attached hydrogen (secondary N) is 2. The minimum atomic E-state index is -0.129. The van der Waals surface area contributed by atoms with E-state index >= 15 is 0 Å². The van der Waals surface area contributed by atoms with E-state index in [0.29, 0.717) is 16.6 Å². The molecule has 3 rings (SSSR count). The third kappa shape index (κ3) is 3.55. The number of H-pyrrole nitrogens is 1. The van der Waals surface area contributed by atoms with E-state index in [0.717, 1.165) is 27.5 Å². The molecule has 0 bridgehead atoms. The first-order valence-electron chi connectivity index (χ1n) is 6.97. The molecule has 1 aromatic carbocycles. The van der Waals surface area contributed by atoms with Gasteiger partial charge in [-0.05, 0) is 36.2 Å². The Hall–Kier alpha value is -2.31. The van der Waals surface area contributed by atoms with E-state index < -0.39 is 0 Å². The number of nitrogens with two attached hydrogens (primary N) is 1. The Bertz CT molecular complexity index is 883. The summed E-state index contributed by atoms with van der Waals surface area (Å²) in [6.45, 7) is 2.42. The van der Waals surface area contributed by atoms with Gasteiger partial charge in [0.1, 0.15) is 4.34 Å². The van der Waals surface area contributed by atoms with Crippen molar-refractivity contribution in [3.63, 3.8) is 0 Å². The summed E-state index contributed by atoms with van der Waals surface area (Å²) in [7, 11) is 0.